The van der Waals surface area contributed by atoms with Crippen LogP contribution in [0.2, 0.25) is 0 Å². The molecule has 9 nitrogen and oxygen atoms in total. The minimum absolute atomic E-state index is 0.204. The van der Waals surface area contributed by atoms with Gasteiger partial charge in [0, 0.05) is 6.42 Å². The molecule has 9 heteroatoms. The number of carbonyl (C=O) groups is 1. The number of hydrogen-bond acceptors (Lipinski definition) is 8. The first-order valence-corrected chi connectivity index (χ1v) is 23.7. The van der Waals surface area contributed by atoms with E-state index in [1.54, 1.807) is 6.08 Å². The number of aliphatic hydroxyl groups excluding tert-OH is 5. The number of aliphatic hydroxyl groups is 5. The van der Waals surface area contributed by atoms with Gasteiger partial charge >= 0.3 is 0 Å². The molecule has 1 aliphatic heterocycles. The van der Waals surface area contributed by atoms with Crippen molar-refractivity contribution in [1.29, 1.82) is 0 Å². The van der Waals surface area contributed by atoms with Gasteiger partial charge in [-0.15, -0.1) is 0 Å². The van der Waals surface area contributed by atoms with E-state index >= 15 is 0 Å². The predicted octanol–water partition coefficient (Wildman–Crippen LogP) is 10.1. The maximum Gasteiger partial charge on any atom is 0.220 e. The second kappa shape index (κ2) is 38.6. The molecule has 1 saturated heterocycles. The standard InChI is InChI=1S/C48H89NO8/c1-3-5-7-9-11-13-15-17-18-19-20-21-22-23-24-26-27-29-31-33-35-37-42(51)41(40-56-48-47(55)46(54)45(53)43(39-50)57-48)49-44(52)38-36-34-32-30-28-25-16-14-12-10-8-6-4-2/h25,27-29,35,37,41-43,45-48,50-51,53-55H,3-24,26,30-34,36,38-40H2,1-2H3,(H,49,52)/b28-25-,29-27+,37-35+. The molecule has 334 valence electrons. The number of rotatable bonds is 39. The molecule has 1 aliphatic rings. The smallest absolute Gasteiger partial charge is 0.220 e. The molecular formula is C48H89NO8. The van der Waals surface area contributed by atoms with E-state index < -0.39 is 49.5 Å². The molecule has 0 bridgehead atoms. The van der Waals surface area contributed by atoms with Crippen molar-refractivity contribution in [2.45, 2.75) is 249 Å². The van der Waals surface area contributed by atoms with Crippen LogP contribution in [0.3, 0.4) is 0 Å². The van der Waals surface area contributed by atoms with Gasteiger partial charge in [0.05, 0.1) is 25.4 Å². The number of nitrogens with one attached hydrogen (secondary N) is 1. The van der Waals surface area contributed by atoms with Crippen molar-refractivity contribution in [3.8, 4) is 0 Å². The molecule has 0 aromatic carbocycles. The summed E-state index contributed by atoms with van der Waals surface area (Å²) in [5, 5.41) is 54.1. The fourth-order valence-corrected chi connectivity index (χ4v) is 7.34. The zero-order valence-corrected chi connectivity index (χ0v) is 36.6. The molecule has 0 aromatic heterocycles. The van der Waals surface area contributed by atoms with E-state index in [4.69, 9.17) is 9.47 Å². The van der Waals surface area contributed by atoms with Gasteiger partial charge in [-0.05, 0) is 57.8 Å². The highest BCUT2D eigenvalue weighted by molar-refractivity contribution is 5.76. The topological polar surface area (TPSA) is 149 Å². The Morgan fingerprint density at radius 3 is 1.47 bits per heavy atom. The Morgan fingerprint density at radius 2 is 1.00 bits per heavy atom. The summed E-state index contributed by atoms with van der Waals surface area (Å²) >= 11 is 0. The highest BCUT2D eigenvalue weighted by atomic mass is 16.7. The van der Waals surface area contributed by atoms with Gasteiger partial charge in [0.2, 0.25) is 5.91 Å². The Balaban J connectivity index is 2.36. The Morgan fingerprint density at radius 1 is 0.579 bits per heavy atom. The third-order valence-corrected chi connectivity index (χ3v) is 11.2. The number of carbonyl (C=O) groups excluding carboxylic acids is 1. The third-order valence-electron chi connectivity index (χ3n) is 11.2. The summed E-state index contributed by atoms with van der Waals surface area (Å²) < 4.78 is 11.2. The van der Waals surface area contributed by atoms with Gasteiger partial charge in [-0.25, -0.2) is 0 Å². The molecule has 1 fully saturated rings. The fourth-order valence-electron chi connectivity index (χ4n) is 7.34. The van der Waals surface area contributed by atoms with Crippen molar-refractivity contribution in [3.05, 3.63) is 36.5 Å². The number of unbranched alkanes of at least 4 members (excludes halogenated alkanes) is 25. The monoisotopic (exact) mass is 808 g/mol. The average molecular weight is 808 g/mol. The molecule has 1 heterocycles. The van der Waals surface area contributed by atoms with E-state index in [0.717, 1.165) is 51.4 Å². The van der Waals surface area contributed by atoms with Gasteiger partial charge in [-0.1, -0.05) is 179 Å². The maximum atomic E-state index is 12.9. The Labute approximate surface area is 349 Å². The van der Waals surface area contributed by atoms with Gasteiger partial charge in [0.1, 0.15) is 24.4 Å². The molecule has 0 spiro atoms. The Hall–Kier alpha value is -1.59. The molecule has 7 atom stereocenters. The minimum atomic E-state index is -1.57. The average Bonchev–Trinajstić information content (AvgIpc) is 3.21. The van der Waals surface area contributed by atoms with Crippen molar-refractivity contribution in [1.82, 2.24) is 5.32 Å². The molecule has 1 amide bonds. The normalized spacial score (nSPS) is 21.3. The van der Waals surface area contributed by atoms with Crippen LogP contribution in [-0.4, -0.2) is 87.5 Å². The van der Waals surface area contributed by atoms with Crippen LogP contribution < -0.4 is 5.32 Å². The lowest BCUT2D eigenvalue weighted by atomic mass is 9.99. The van der Waals surface area contributed by atoms with Crippen LogP contribution in [0.25, 0.3) is 0 Å². The fraction of sp³-hybridized carbons (Fsp3) is 0.854. The predicted molar refractivity (Wildman–Crippen MR) is 235 cm³/mol. The molecule has 0 saturated carbocycles. The van der Waals surface area contributed by atoms with Gasteiger partial charge in [-0.2, -0.15) is 0 Å². The van der Waals surface area contributed by atoms with Crippen LogP contribution in [-0.2, 0) is 14.3 Å². The van der Waals surface area contributed by atoms with Crippen molar-refractivity contribution < 1.29 is 39.8 Å². The van der Waals surface area contributed by atoms with Crippen LogP contribution in [0.15, 0.2) is 36.5 Å². The number of allylic oxidation sites excluding steroid dienone is 5. The van der Waals surface area contributed by atoms with Crippen LogP contribution >= 0.6 is 0 Å². The highest BCUT2D eigenvalue weighted by Gasteiger charge is 2.44. The number of amides is 1. The molecule has 0 aromatic rings. The zero-order chi connectivity index (χ0) is 41.6. The molecule has 7 unspecified atom stereocenters. The zero-order valence-electron chi connectivity index (χ0n) is 36.6. The molecule has 0 radical (unpaired) electrons. The van der Waals surface area contributed by atoms with E-state index in [1.165, 1.54) is 135 Å². The van der Waals surface area contributed by atoms with E-state index in [9.17, 15) is 30.3 Å². The van der Waals surface area contributed by atoms with Gasteiger partial charge < -0.3 is 40.3 Å². The molecule has 0 aliphatic carbocycles. The Kier molecular flexibility index (Phi) is 36.2. The first kappa shape index (κ1) is 53.4. The highest BCUT2D eigenvalue weighted by Crippen LogP contribution is 2.22. The van der Waals surface area contributed by atoms with Crippen molar-refractivity contribution in [2.75, 3.05) is 13.2 Å². The van der Waals surface area contributed by atoms with E-state index in [0.29, 0.717) is 6.42 Å². The summed E-state index contributed by atoms with van der Waals surface area (Å²) in [5.74, 6) is -0.204. The van der Waals surface area contributed by atoms with Gasteiger partial charge in [0.15, 0.2) is 6.29 Å². The molecular weight excluding hydrogens is 719 g/mol. The summed E-state index contributed by atoms with van der Waals surface area (Å²) in [4.78, 5) is 12.9. The van der Waals surface area contributed by atoms with Crippen molar-refractivity contribution in [2.24, 2.45) is 0 Å². The van der Waals surface area contributed by atoms with Crippen molar-refractivity contribution in [3.63, 3.8) is 0 Å². The number of ether oxygens (including phenoxy) is 2. The quantitative estimate of drug-likeness (QED) is 0.0266. The minimum Gasteiger partial charge on any atom is -0.394 e. The summed E-state index contributed by atoms with van der Waals surface area (Å²) in [6.45, 7) is 3.74. The summed E-state index contributed by atoms with van der Waals surface area (Å²) in [7, 11) is 0. The summed E-state index contributed by atoms with van der Waals surface area (Å²) in [6, 6.07) is -0.827. The first-order valence-electron chi connectivity index (χ1n) is 23.7. The second-order valence-corrected chi connectivity index (χ2v) is 16.5. The lowest BCUT2D eigenvalue weighted by Crippen LogP contribution is -2.60. The van der Waals surface area contributed by atoms with E-state index in [-0.39, 0.29) is 12.5 Å². The lowest BCUT2D eigenvalue weighted by molar-refractivity contribution is -0.302. The first-order chi connectivity index (χ1) is 27.8. The SMILES string of the molecule is CCCCCCCC/C=C\CCCCCC(=O)NC(COC1OC(CO)C(O)C(O)C1O)C(O)/C=C/CC/C=C/CCCCCCCCCCCCCCCCC. The number of hydrogen-bond donors (Lipinski definition) is 6. The van der Waals surface area contributed by atoms with Crippen molar-refractivity contribution >= 4 is 5.91 Å². The van der Waals surface area contributed by atoms with Gasteiger partial charge in [0.25, 0.3) is 0 Å². The van der Waals surface area contributed by atoms with E-state index in [1.807, 2.05) is 6.08 Å². The summed E-state index contributed by atoms with van der Waals surface area (Å²) in [6.07, 6.45) is 40.5. The maximum absolute atomic E-state index is 12.9. The molecule has 6 N–H and O–H groups in total. The van der Waals surface area contributed by atoms with Crippen LogP contribution in [0, 0.1) is 0 Å². The van der Waals surface area contributed by atoms with E-state index in [2.05, 4.69) is 43.5 Å². The van der Waals surface area contributed by atoms with Crippen LogP contribution in [0.1, 0.15) is 206 Å². The molecule has 1 rings (SSSR count). The van der Waals surface area contributed by atoms with Crippen LogP contribution in [0.5, 0.6) is 0 Å². The largest absolute Gasteiger partial charge is 0.394 e. The summed E-state index contributed by atoms with van der Waals surface area (Å²) in [5.41, 5.74) is 0. The Bertz CT molecular complexity index is 987. The lowest BCUT2D eigenvalue weighted by Gasteiger charge is -2.40. The third kappa shape index (κ3) is 29.3. The second-order valence-electron chi connectivity index (χ2n) is 16.5. The molecule has 57 heavy (non-hydrogen) atoms. The van der Waals surface area contributed by atoms with Gasteiger partial charge in [-0.3, -0.25) is 4.79 Å². The van der Waals surface area contributed by atoms with Crippen LogP contribution in [0.4, 0.5) is 0 Å².